The molecule has 1 aromatic rings. The van der Waals surface area contributed by atoms with E-state index in [1.165, 1.54) is 11.5 Å². The van der Waals surface area contributed by atoms with E-state index in [4.69, 9.17) is 5.73 Å². The molecule has 12 heavy (non-hydrogen) atoms. The van der Waals surface area contributed by atoms with Crippen molar-refractivity contribution in [1.29, 1.82) is 0 Å². The first-order valence-electron chi connectivity index (χ1n) is 4.02. The molecule has 3 heteroatoms. The van der Waals surface area contributed by atoms with Gasteiger partial charge in [-0.3, -0.25) is 0 Å². The summed E-state index contributed by atoms with van der Waals surface area (Å²) < 4.78 is 3.96. The molecule has 0 saturated heterocycles. The summed E-state index contributed by atoms with van der Waals surface area (Å²) in [5.41, 5.74) is 6.37. The van der Waals surface area contributed by atoms with Gasteiger partial charge < -0.3 is 5.73 Å². The van der Waals surface area contributed by atoms with Crippen LogP contribution in [0.1, 0.15) is 24.8 Å². The Labute approximate surface area is 77.0 Å². The van der Waals surface area contributed by atoms with E-state index >= 15 is 0 Å². The molecule has 0 unspecified atom stereocenters. The van der Waals surface area contributed by atoms with Crippen LogP contribution in [0.3, 0.4) is 0 Å². The maximum Gasteiger partial charge on any atom is 0.0563 e. The van der Waals surface area contributed by atoms with Crippen molar-refractivity contribution in [3.8, 4) is 11.8 Å². The van der Waals surface area contributed by atoms with Crippen LogP contribution in [0.15, 0.2) is 11.6 Å². The number of nitrogens with zero attached hydrogens (tertiary/aromatic N) is 1. The summed E-state index contributed by atoms with van der Waals surface area (Å²) >= 11 is 1.44. The second-order valence-electron chi connectivity index (χ2n) is 2.46. The van der Waals surface area contributed by atoms with Crippen LogP contribution < -0.4 is 5.73 Å². The molecule has 0 aliphatic rings. The molecule has 0 aliphatic heterocycles. The van der Waals surface area contributed by atoms with E-state index in [1.807, 2.05) is 5.38 Å². The average molecular weight is 180 g/mol. The van der Waals surface area contributed by atoms with Gasteiger partial charge in [0.2, 0.25) is 0 Å². The number of hydrogen-bond donors (Lipinski definition) is 1. The summed E-state index contributed by atoms with van der Waals surface area (Å²) in [5, 5.41) is 1.95. The van der Waals surface area contributed by atoms with Gasteiger partial charge in [-0.1, -0.05) is 11.8 Å². The number of rotatable bonds is 3. The predicted molar refractivity (Wildman–Crippen MR) is 51.9 cm³/mol. The first kappa shape index (κ1) is 9.24. The minimum Gasteiger partial charge on any atom is -0.330 e. The molecule has 1 heterocycles. The van der Waals surface area contributed by atoms with Crippen LogP contribution in [0, 0.1) is 11.8 Å². The molecular formula is C9H12N2S. The quantitative estimate of drug-likeness (QED) is 0.567. The molecule has 0 fully saturated rings. The van der Waals surface area contributed by atoms with E-state index in [1.54, 1.807) is 6.20 Å². The number of nitrogens with two attached hydrogens (primary N) is 1. The number of hydrogen-bond acceptors (Lipinski definition) is 3. The Morgan fingerprint density at radius 3 is 3.08 bits per heavy atom. The molecule has 1 aromatic heterocycles. The Morgan fingerprint density at radius 2 is 2.42 bits per heavy atom. The first-order chi connectivity index (χ1) is 5.93. The fraction of sp³-hybridized carbons (Fsp3) is 0.444. The van der Waals surface area contributed by atoms with Crippen LogP contribution in [0.4, 0.5) is 0 Å². The Balaban J connectivity index is 2.21. The third-order valence-corrected chi connectivity index (χ3v) is 2.01. The summed E-state index contributed by atoms with van der Waals surface area (Å²) in [7, 11) is 0. The van der Waals surface area contributed by atoms with E-state index < -0.39 is 0 Å². The van der Waals surface area contributed by atoms with Crippen molar-refractivity contribution >= 4 is 11.5 Å². The van der Waals surface area contributed by atoms with Gasteiger partial charge in [-0.2, -0.15) is 4.37 Å². The van der Waals surface area contributed by atoms with Gasteiger partial charge in [0.25, 0.3) is 0 Å². The summed E-state index contributed by atoms with van der Waals surface area (Å²) in [4.78, 5) is 0. The van der Waals surface area contributed by atoms with Gasteiger partial charge in [0.15, 0.2) is 0 Å². The van der Waals surface area contributed by atoms with Gasteiger partial charge in [0.05, 0.1) is 11.8 Å². The van der Waals surface area contributed by atoms with Gasteiger partial charge in [0.1, 0.15) is 0 Å². The Bertz CT molecular complexity index is 256. The molecule has 0 atom stereocenters. The fourth-order valence-corrected chi connectivity index (χ4v) is 1.26. The van der Waals surface area contributed by atoms with E-state index in [0.29, 0.717) is 0 Å². The van der Waals surface area contributed by atoms with E-state index in [0.717, 1.165) is 31.4 Å². The predicted octanol–water partition coefficient (Wildman–Crippen LogP) is 1.62. The SMILES string of the molecule is NCCCCC#Cc1cnsc1. The number of unbranched alkanes of at least 4 members (excludes halogenated alkanes) is 2. The minimum absolute atomic E-state index is 0.766. The first-order valence-corrected chi connectivity index (χ1v) is 4.85. The van der Waals surface area contributed by atoms with E-state index in [-0.39, 0.29) is 0 Å². The molecular weight excluding hydrogens is 168 g/mol. The van der Waals surface area contributed by atoms with Crippen molar-refractivity contribution in [1.82, 2.24) is 4.37 Å². The summed E-state index contributed by atoms with van der Waals surface area (Å²) in [6.45, 7) is 0.766. The zero-order valence-electron chi connectivity index (χ0n) is 6.92. The molecule has 0 aliphatic carbocycles. The summed E-state index contributed by atoms with van der Waals surface area (Å²) in [6, 6.07) is 0. The van der Waals surface area contributed by atoms with Crippen LogP contribution >= 0.6 is 11.5 Å². The smallest absolute Gasteiger partial charge is 0.0563 e. The molecule has 1 rings (SSSR count). The highest BCUT2D eigenvalue weighted by atomic mass is 32.1. The van der Waals surface area contributed by atoms with Crippen molar-refractivity contribution in [2.75, 3.05) is 6.54 Å². The Hall–Kier alpha value is -0.850. The van der Waals surface area contributed by atoms with E-state index in [2.05, 4.69) is 16.2 Å². The molecule has 0 aromatic carbocycles. The summed E-state index contributed by atoms with van der Waals surface area (Å²) in [5.74, 6) is 6.12. The molecule has 0 radical (unpaired) electrons. The lowest BCUT2D eigenvalue weighted by atomic mass is 10.2. The van der Waals surface area contributed by atoms with Crippen LogP contribution in [0.25, 0.3) is 0 Å². The van der Waals surface area contributed by atoms with Crippen molar-refractivity contribution in [2.24, 2.45) is 5.73 Å². The Kier molecular flexibility index (Phi) is 4.43. The van der Waals surface area contributed by atoms with Gasteiger partial charge >= 0.3 is 0 Å². The van der Waals surface area contributed by atoms with Crippen molar-refractivity contribution in [3.63, 3.8) is 0 Å². The normalized spacial score (nSPS) is 9.08. The second-order valence-corrected chi connectivity index (χ2v) is 3.12. The maximum absolute atomic E-state index is 5.35. The highest BCUT2D eigenvalue weighted by Crippen LogP contribution is 1.99. The molecule has 0 bridgehead atoms. The third-order valence-electron chi connectivity index (χ3n) is 1.42. The van der Waals surface area contributed by atoms with Crippen LogP contribution in [0.2, 0.25) is 0 Å². The van der Waals surface area contributed by atoms with Gasteiger partial charge in [-0.05, 0) is 30.9 Å². The maximum atomic E-state index is 5.35. The second kappa shape index (κ2) is 5.76. The molecule has 0 amide bonds. The number of aromatic nitrogens is 1. The van der Waals surface area contributed by atoms with Gasteiger partial charge in [0, 0.05) is 11.8 Å². The van der Waals surface area contributed by atoms with E-state index in [9.17, 15) is 0 Å². The van der Waals surface area contributed by atoms with Crippen LogP contribution in [-0.4, -0.2) is 10.9 Å². The monoisotopic (exact) mass is 180 g/mol. The molecule has 0 saturated carbocycles. The minimum atomic E-state index is 0.766. The highest BCUT2D eigenvalue weighted by Gasteiger charge is 1.85. The summed E-state index contributed by atoms with van der Waals surface area (Å²) in [6.07, 6.45) is 4.89. The largest absolute Gasteiger partial charge is 0.330 e. The zero-order valence-corrected chi connectivity index (χ0v) is 7.73. The molecule has 0 spiro atoms. The highest BCUT2D eigenvalue weighted by molar-refractivity contribution is 7.03. The van der Waals surface area contributed by atoms with Crippen molar-refractivity contribution < 1.29 is 0 Å². The standard InChI is InChI=1S/C9H12N2S/c10-6-4-2-1-3-5-9-7-11-12-8-9/h7-8H,1-2,4,6,10H2. The average Bonchev–Trinajstić information content (AvgIpc) is 2.57. The lowest BCUT2D eigenvalue weighted by molar-refractivity contribution is 0.768. The van der Waals surface area contributed by atoms with Gasteiger partial charge in [-0.25, -0.2) is 0 Å². The van der Waals surface area contributed by atoms with Crippen LogP contribution in [-0.2, 0) is 0 Å². The molecule has 2 nitrogen and oxygen atoms in total. The fourth-order valence-electron chi connectivity index (χ4n) is 0.789. The van der Waals surface area contributed by atoms with Crippen LogP contribution in [0.5, 0.6) is 0 Å². The van der Waals surface area contributed by atoms with Gasteiger partial charge in [-0.15, -0.1) is 0 Å². The lowest BCUT2D eigenvalue weighted by Crippen LogP contribution is -1.96. The van der Waals surface area contributed by atoms with Crippen molar-refractivity contribution in [2.45, 2.75) is 19.3 Å². The van der Waals surface area contributed by atoms with Crippen molar-refractivity contribution in [3.05, 3.63) is 17.1 Å². The molecule has 64 valence electrons. The zero-order chi connectivity index (χ0) is 8.65. The Morgan fingerprint density at radius 1 is 1.50 bits per heavy atom. The third kappa shape index (κ3) is 3.51. The lowest BCUT2D eigenvalue weighted by Gasteiger charge is -1.87. The molecule has 2 N–H and O–H groups in total. The topological polar surface area (TPSA) is 38.9 Å².